The lowest BCUT2D eigenvalue weighted by Crippen LogP contribution is -2.30. The van der Waals surface area contributed by atoms with Crippen LogP contribution in [-0.2, 0) is 11.1 Å². The normalized spacial score (nSPS) is 19.2. The van der Waals surface area contributed by atoms with E-state index in [4.69, 9.17) is 0 Å². The van der Waals surface area contributed by atoms with E-state index in [9.17, 15) is 19.4 Å². The van der Waals surface area contributed by atoms with Gasteiger partial charge in [0.05, 0.1) is 12.3 Å². The van der Waals surface area contributed by atoms with Gasteiger partial charge in [-0.05, 0) is 30.4 Å². The van der Waals surface area contributed by atoms with Crippen LogP contribution in [-0.4, -0.2) is 40.0 Å². The summed E-state index contributed by atoms with van der Waals surface area (Å²) in [5.74, 6) is 0.329. The molecule has 0 saturated heterocycles. The smallest absolute Gasteiger partial charge is 0.248 e. The van der Waals surface area contributed by atoms with Gasteiger partial charge in [0, 0.05) is 31.5 Å². The standard InChI is InChI=1S/C16H27N2O4P.ClH/c19-15(10-17-9-14-6-7-18-16(20)8-14)12-23(21,22)11-13-4-2-1-3-5-13;/h6-8,13,15,17,19H,1-5,9-12H2,(H,18,20)(H,21,22);1H/t15-;/m0./s1. The average molecular weight is 379 g/mol. The molecule has 4 N–H and O–H groups in total. The van der Waals surface area contributed by atoms with Crippen molar-refractivity contribution >= 4 is 19.8 Å². The van der Waals surface area contributed by atoms with Crippen molar-refractivity contribution < 1.29 is 14.6 Å². The molecule has 0 aromatic carbocycles. The molecule has 1 unspecified atom stereocenters. The van der Waals surface area contributed by atoms with E-state index in [0.29, 0.717) is 18.6 Å². The highest BCUT2D eigenvalue weighted by Crippen LogP contribution is 2.45. The van der Waals surface area contributed by atoms with Gasteiger partial charge in [0.2, 0.25) is 12.9 Å². The highest BCUT2D eigenvalue weighted by atomic mass is 35.5. The van der Waals surface area contributed by atoms with Crippen molar-refractivity contribution in [2.75, 3.05) is 18.9 Å². The van der Waals surface area contributed by atoms with E-state index >= 15 is 0 Å². The van der Waals surface area contributed by atoms with Gasteiger partial charge in [-0.2, -0.15) is 0 Å². The van der Waals surface area contributed by atoms with Gasteiger partial charge in [-0.15, -0.1) is 12.4 Å². The number of aromatic nitrogens is 1. The minimum atomic E-state index is -3.28. The van der Waals surface area contributed by atoms with Crippen LogP contribution in [0.25, 0.3) is 0 Å². The summed E-state index contributed by atoms with van der Waals surface area (Å²) in [4.78, 5) is 23.8. The number of rotatable bonds is 8. The first-order chi connectivity index (χ1) is 10.9. The molecule has 1 aromatic heterocycles. The van der Waals surface area contributed by atoms with Gasteiger partial charge in [0.15, 0.2) is 0 Å². The number of H-pyrrole nitrogens is 1. The van der Waals surface area contributed by atoms with Gasteiger partial charge in [-0.25, -0.2) is 0 Å². The first kappa shape index (κ1) is 21.4. The molecular weight excluding hydrogens is 351 g/mol. The maximum absolute atomic E-state index is 12.3. The lowest BCUT2D eigenvalue weighted by molar-refractivity contribution is 0.189. The van der Waals surface area contributed by atoms with Crippen molar-refractivity contribution in [1.29, 1.82) is 0 Å². The quantitative estimate of drug-likeness (QED) is 0.519. The average Bonchev–Trinajstić information content (AvgIpc) is 2.47. The van der Waals surface area contributed by atoms with E-state index < -0.39 is 13.5 Å². The molecule has 0 bridgehead atoms. The minimum Gasteiger partial charge on any atom is -0.391 e. The first-order valence-electron chi connectivity index (χ1n) is 8.32. The second-order valence-corrected chi connectivity index (χ2v) is 8.98. The van der Waals surface area contributed by atoms with Gasteiger partial charge in [0.25, 0.3) is 0 Å². The molecular formula is C16H28ClN2O4P. The van der Waals surface area contributed by atoms with Crippen molar-refractivity contribution in [3.63, 3.8) is 0 Å². The summed E-state index contributed by atoms with van der Waals surface area (Å²) in [6, 6.07) is 3.26. The summed E-state index contributed by atoms with van der Waals surface area (Å²) in [5.41, 5.74) is 0.646. The zero-order chi connectivity index (χ0) is 16.7. The van der Waals surface area contributed by atoms with Gasteiger partial charge in [-0.3, -0.25) is 9.36 Å². The van der Waals surface area contributed by atoms with Crippen LogP contribution in [0.4, 0.5) is 0 Å². The molecule has 0 aliphatic heterocycles. The zero-order valence-electron chi connectivity index (χ0n) is 13.8. The summed E-state index contributed by atoms with van der Waals surface area (Å²) in [6.45, 7) is 0.682. The van der Waals surface area contributed by atoms with E-state index in [1.807, 2.05) is 0 Å². The number of nitrogens with one attached hydrogen (secondary N) is 2. The predicted molar refractivity (Wildman–Crippen MR) is 98.2 cm³/mol. The summed E-state index contributed by atoms with van der Waals surface area (Å²) >= 11 is 0. The molecule has 1 saturated carbocycles. The number of aliphatic hydroxyl groups excluding tert-OH is 1. The summed E-state index contributed by atoms with van der Waals surface area (Å²) < 4.78 is 12.3. The predicted octanol–water partition coefficient (Wildman–Crippen LogP) is 2.10. The highest BCUT2D eigenvalue weighted by molar-refractivity contribution is 7.58. The number of hydrogen-bond acceptors (Lipinski definition) is 4. The molecule has 1 heterocycles. The van der Waals surface area contributed by atoms with E-state index in [-0.39, 0.29) is 30.7 Å². The second-order valence-electron chi connectivity index (χ2n) is 6.56. The van der Waals surface area contributed by atoms with Crippen molar-refractivity contribution in [1.82, 2.24) is 10.3 Å². The third-order valence-electron chi connectivity index (χ3n) is 4.31. The molecule has 2 rings (SSSR count). The van der Waals surface area contributed by atoms with Crippen LogP contribution in [0.2, 0.25) is 0 Å². The van der Waals surface area contributed by atoms with Crippen molar-refractivity contribution in [3.8, 4) is 0 Å². The number of pyridine rings is 1. The van der Waals surface area contributed by atoms with Gasteiger partial charge in [-0.1, -0.05) is 19.3 Å². The summed E-state index contributed by atoms with van der Waals surface area (Å²) in [6.07, 6.45) is 6.56. The fraction of sp³-hybridized carbons (Fsp3) is 0.688. The molecule has 24 heavy (non-hydrogen) atoms. The van der Waals surface area contributed by atoms with Crippen LogP contribution >= 0.6 is 19.8 Å². The Morgan fingerprint density at radius 2 is 2.04 bits per heavy atom. The molecule has 1 aliphatic carbocycles. The Kier molecular flexibility index (Phi) is 9.24. The minimum absolute atomic E-state index is 0. The van der Waals surface area contributed by atoms with E-state index in [0.717, 1.165) is 31.2 Å². The Hall–Kier alpha value is -0.650. The van der Waals surface area contributed by atoms with Crippen LogP contribution in [0.1, 0.15) is 37.7 Å². The molecule has 2 atom stereocenters. The molecule has 8 heteroatoms. The molecule has 6 nitrogen and oxygen atoms in total. The van der Waals surface area contributed by atoms with Crippen molar-refractivity contribution in [3.05, 3.63) is 34.2 Å². The topological polar surface area (TPSA) is 102 Å². The fourth-order valence-corrected chi connectivity index (χ4v) is 5.33. The Bertz CT molecular complexity index is 589. The largest absolute Gasteiger partial charge is 0.391 e. The first-order valence-corrected chi connectivity index (χ1v) is 10.3. The van der Waals surface area contributed by atoms with Gasteiger partial charge >= 0.3 is 0 Å². The molecule has 0 spiro atoms. The molecule has 138 valence electrons. The van der Waals surface area contributed by atoms with Crippen LogP contribution in [0.15, 0.2) is 23.1 Å². The maximum atomic E-state index is 12.3. The van der Waals surface area contributed by atoms with Crippen molar-refractivity contribution in [2.24, 2.45) is 5.92 Å². The number of aromatic amines is 1. The van der Waals surface area contributed by atoms with Gasteiger partial charge < -0.3 is 20.3 Å². The van der Waals surface area contributed by atoms with E-state index in [1.165, 1.54) is 12.5 Å². The van der Waals surface area contributed by atoms with Crippen LogP contribution < -0.4 is 10.9 Å². The number of aliphatic hydroxyl groups is 1. The number of halogens is 1. The third kappa shape index (κ3) is 7.95. The molecule has 0 amide bonds. The molecule has 1 fully saturated rings. The SMILES string of the molecule is Cl.O=c1cc(CNC[C@H](O)CP(=O)(O)CC2CCCCC2)cc[nH]1. The maximum Gasteiger partial charge on any atom is 0.248 e. The Morgan fingerprint density at radius 1 is 1.33 bits per heavy atom. The van der Waals surface area contributed by atoms with E-state index in [1.54, 1.807) is 12.3 Å². The van der Waals surface area contributed by atoms with Gasteiger partial charge in [0.1, 0.15) is 0 Å². The third-order valence-corrected chi connectivity index (χ3v) is 6.39. The molecule has 1 aliphatic rings. The monoisotopic (exact) mass is 378 g/mol. The zero-order valence-corrected chi connectivity index (χ0v) is 15.5. The summed E-state index contributed by atoms with van der Waals surface area (Å²) in [5, 5.41) is 13.0. The fourth-order valence-electron chi connectivity index (χ4n) is 3.22. The van der Waals surface area contributed by atoms with Crippen LogP contribution in [0, 0.1) is 5.92 Å². The Labute approximate surface area is 148 Å². The lowest BCUT2D eigenvalue weighted by Gasteiger charge is -2.25. The molecule has 1 aromatic rings. The second kappa shape index (κ2) is 10.4. The van der Waals surface area contributed by atoms with Crippen molar-refractivity contribution in [2.45, 2.75) is 44.8 Å². The summed E-state index contributed by atoms with van der Waals surface area (Å²) in [7, 11) is -3.28. The van der Waals surface area contributed by atoms with Crippen LogP contribution in [0.5, 0.6) is 0 Å². The number of hydrogen-bond donors (Lipinski definition) is 4. The lowest BCUT2D eigenvalue weighted by atomic mass is 9.91. The van der Waals surface area contributed by atoms with E-state index in [2.05, 4.69) is 10.3 Å². The highest BCUT2D eigenvalue weighted by Gasteiger charge is 2.27. The molecule has 0 radical (unpaired) electrons. The Morgan fingerprint density at radius 3 is 2.71 bits per heavy atom. The van der Waals surface area contributed by atoms with Crippen LogP contribution in [0.3, 0.4) is 0 Å². The Balaban J connectivity index is 0.00000288.